The molecule has 0 N–H and O–H groups in total. The van der Waals surface area contributed by atoms with E-state index in [4.69, 9.17) is 10.00 Å². The second kappa shape index (κ2) is 5.81. The zero-order valence-corrected chi connectivity index (χ0v) is 12.2. The average molecular weight is 318 g/mol. The standard InChI is InChI=1S/C14H12BrN3O/c1-9(2)14-17-12(15)7-13(18-14)19-11-6-4-3-5-10(11)8-16/h3-7,9H,1-2H3. The molecule has 0 aliphatic carbocycles. The fourth-order valence-corrected chi connectivity index (χ4v) is 1.86. The van der Waals surface area contributed by atoms with Crippen LogP contribution in [0.25, 0.3) is 0 Å². The van der Waals surface area contributed by atoms with Gasteiger partial charge < -0.3 is 4.74 Å². The van der Waals surface area contributed by atoms with Crippen molar-refractivity contribution < 1.29 is 4.74 Å². The van der Waals surface area contributed by atoms with Crippen LogP contribution in [0.4, 0.5) is 0 Å². The summed E-state index contributed by atoms with van der Waals surface area (Å²) in [5, 5.41) is 9.02. The largest absolute Gasteiger partial charge is 0.437 e. The molecule has 0 aliphatic rings. The molecule has 5 heteroatoms. The zero-order valence-electron chi connectivity index (χ0n) is 10.6. The van der Waals surface area contributed by atoms with Crippen LogP contribution in [0.3, 0.4) is 0 Å². The highest BCUT2D eigenvalue weighted by Crippen LogP contribution is 2.26. The topological polar surface area (TPSA) is 58.8 Å². The summed E-state index contributed by atoms with van der Waals surface area (Å²) >= 11 is 3.33. The minimum absolute atomic E-state index is 0.200. The first-order valence-electron chi connectivity index (χ1n) is 5.81. The molecule has 0 unspecified atom stereocenters. The molecule has 0 aliphatic heterocycles. The van der Waals surface area contributed by atoms with Gasteiger partial charge in [-0.3, -0.25) is 0 Å². The van der Waals surface area contributed by atoms with E-state index in [9.17, 15) is 0 Å². The Balaban J connectivity index is 2.36. The van der Waals surface area contributed by atoms with Crippen LogP contribution in [0.1, 0.15) is 31.2 Å². The molecule has 0 amide bonds. The molecule has 1 heterocycles. The van der Waals surface area contributed by atoms with E-state index in [-0.39, 0.29) is 5.92 Å². The summed E-state index contributed by atoms with van der Waals surface area (Å²) in [5.41, 5.74) is 0.475. The fourth-order valence-electron chi connectivity index (χ4n) is 1.48. The van der Waals surface area contributed by atoms with Gasteiger partial charge in [0.05, 0.1) is 5.56 Å². The number of hydrogen-bond acceptors (Lipinski definition) is 4. The van der Waals surface area contributed by atoms with E-state index >= 15 is 0 Å². The first kappa shape index (κ1) is 13.5. The molecule has 1 aromatic heterocycles. The van der Waals surface area contributed by atoms with Crippen molar-refractivity contribution >= 4 is 15.9 Å². The molecular formula is C14H12BrN3O. The summed E-state index contributed by atoms with van der Waals surface area (Å²) in [4.78, 5) is 8.61. The van der Waals surface area contributed by atoms with Gasteiger partial charge in [0.1, 0.15) is 22.2 Å². The third kappa shape index (κ3) is 3.30. The Morgan fingerprint density at radius 1 is 1.26 bits per heavy atom. The summed E-state index contributed by atoms with van der Waals surface area (Å²) in [6.07, 6.45) is 0. The van der Waals surface area contributed by atoms with Crippen molar-refractivity contribution in [2.45, 2.75) is 19.8 Å². The Bertz CT molecular complexity index is 635. The number of para-hydroxylation sites is 1. The zero-order chi connectivity index (χ0) is 13.8. The van der Waals surface area contributed by atoms with Crippen LogP contribution in [-0.2, 0) is 0 Å². The third-order valence-corrected chi connectivity index (χ3v) is 2.83. The maximum atomic E-state index is 9.02. The lowest BCUT2D eigenvalue weighted by Crippen LogP contribution is -2.00. The van der Waals surface area contributed by atoms with E-state index in [0.29, 0.717) is 27.6 Å². The monoisotopic (exact) mass is 317 g/mol. The maximum absolute atomic E-state index is 9.02. The van der Waals surface area contributed by atoms with E-state index < -0.39 is 0 Å². The molecule has 0 saturated carbocycles. The van der Waals surface area contributed by atoms with Crippen molar-refractivity contribution in [3.05, 3.63) is 46.3 Å². The molecule has 19 heavy (non-hydrogen) atoms. The van der Waals surface area contributed by atoms with Crippen LogP contribution < -0.4 is 4.74 Å². The van der Waals surface area contributed by atoms with Gasteiger partial charge >= 0.3 is 0 Å². The fraction of sp³-hybridized carbons (Fsp3) is 0.214. The van der Waals surface area contributed by atoms with Gasteiger partial charge in [0.2, 0.25) is 5.88 Å². The van der Waals surface area contributed by atoms with Gasteiger partial charge in [0.15, 0.2) is 0 Å². The highest BCUT2D eigenvalue weighted by Gasteiger charge is 2.10. The van der Waals surface area contributed by atoms with Crippen molar-refractivity contribution in [1.29, 1.82) is 5.26 Å². The number of rotatable bonds is 3. The van der Waals surface area contributed by atoms with E-state index in [1.165, 1.54) is 0 Å². The van der Waals surface area contributed by atoms with Gasteiger partial charge in [-0.15, -0.1) is 0 Å². The number of ether oxygens (including phenoxy) is 1. The number of nitriles is 1. The lowest BCUT2D eigenvalue weighted by molar-refractivity contribution is 0.454. The van der Waals surface area contributed by atoms with Crippen molar-refractivity contribution in [1.82, 2.24) is 9.97 Å². The smallest absolute Gasteiger partial charge is 0.223 e. The molecule has 96 valence electrons. The van der Waals surface area contributed by atoms with Gasteiger partial charge in [-0.05, 0) is 28.1 Å². The maximum Gasteiger partial charge on any atom is 0.223 e. The minimum atomic E-state index is 0.200. The number of nitrogens with zero attached hydrogens (tertiary/aromatic N) is 3. The number of hydrogen-bond donors (Lipinski definition) is 0. The second-order valence-corrected chi connectivity index (χ2v) is 5.06. The second-order valence-electron chi connectivity index (χ2n) is 4.25. The van der Waals surface area contributed by atoms with Crippen molar-refractivity contribution in [3.8, 4) is 17.7 Å². The molecule has 0 fully saturated rings. The summed E-state index contributed by atoms with van der Waals surface area (Å²) in [5.74, 6) is 1.81. The molecule has 0 atom stereocenters. The van der Waals surface area contributed by atoms with E-state index in [0.717, 1.165) is 0 Å². The Hall–Kier alpha value is -1.93. The van der Waals surface area contributed by atoms with E-state index in [1.54, 1.807) is 24.3 Å². The van der Waals surface area contributed by atoms with Gasteiger partial charge in [0, 0.05) is 12.0 Å². The van der Waals surface area contributed by atoms with Crippen LogP contribution in [0.15, 0.2) is 34.9 Å². The van der Waals surface area contributed by atoms with Gasteiger partial charge in [-0.2, -0.15) is 10.2 Å². The molecule has 0 radical (unpaired) electrons. The molecule has 2 aromatic rings. The van der Waals surface area contributed by atoms with E-state index in [2.05, 4.69) is 32.0 Å². The van der Waals surface area contributed by atoms with Crippen LogP contribution in [-0.4, -0.2) is 9.97 Å². The Labute approximate surface area is 120 Å². The summed E-state index contributed by atoms with van der Waals surface area (Å²) in [7, 11) is 0. The van der Waals surface area contributed by atoms with Gasteiger partial charge in [-0.1, -0.05) is 26.0 Å². The quantitative estimate of drug-likeness (QED) is 0.802. The van der Waals surface area contributed by atoms with Crippen LogP contribution in [0.5, 0.6) is 11.6 Å². The molecule has 0 bridgehead atoms. The van der Waals surface area contributed by atoms with Crippen molar-refractivity contribution in [2.75, 3.05) is 0 Å². The lowest BCUT2D eigenvalue weighted by atomic mass is 10.2. The predicted octanol–water partition coefficient (Wildman–Crippen LogP) is 4.03. The van der Waals surface area contributed by atoms with Gasteiger partial charge in [-0.25, -0.2) is 4.98 Å². The SMILES string of the molecule is CC(C)c1nc(Br)cc(Oc2ccccc2C#N)n1. The highest BCUT2D eigenvalue weighted by molar-refractivity contribution is 9.10. The molecule has 2 rings (SSSR count). The first-order valence-corrected chi connectivity index (χ1v) is 6.61. The highest BCUT2D eigenvalue weighted by atomic mass is 79.9. The van der Waals surface area contributed by atoms with E-state index in [1.807, 2.05) is 19.9 Å². The third-order valence-electron chi connectivity index (χ3n) is 2.43. The predicted molar refractivity (Wildman–Crippen MR) is 75.1 cm³/mol. The number of benzene rings is 1. The Kier molecular flexibility index (Phi) is 4.13. The van der Waals surface area contributed by atoms with Crippen LogP contribution in [0, 0.1) is 11.3 Å². The van der Waals surface area contributed by atoms with Crippen LogP contribution in [0.2, 0.25) is 0 Å². The van der Waals surface area contributed by atoms with Crippen LogP contribution >= 0.6 is 15.9 Å². The molecule has 1 aromatic carbocycles. The number of aromatic nitrogens is 2. The summed E-state index contributed by atoms with van der Waals surface area (Å²) in [6, 6.07) is 10.8. The lowest BCUT2D eigenvalue weighted by Gasteiger charge is -2.09. The van der Waals surface area contributed by atoms with Crippen molar-refractivity contribution in [3.63, 3.8) is 0 Å². The Morgan fingerprint density at radius 3 is 2.68 bits per heavy atom. The minimum Gasteiger partial charge on any atom is -0.437 e. The Morgan fingerprint density at radius 2 is 2.00 bits per heavy atom. The molecule has 0 saturated heterocycles. The van der Waals surface area contributed by atoms with Gasteiger partial charge in [0.25, 0.3) is 0 Å². The normalized spacial score (nSPS) is 10.3. The first-order chi connectivity index (χ1) is 9.10. The molecule has 4 nitrogen and oxygen atoms in total. The number of halogens is 1. The molecular weight excluding hydrogens is 306 g/mol. The summed E-state index contributed by atoms with van der Waals surface area (Å²) in [6.45, 7) is 4.02. The summed E-state index contributed by atoms with van der Waals surface area (Å²) < 4.78 is 6.33. The molecule has 0 spiro atoms. The average Bonchev–Trinajstić information content (AvgIpc) is 2.38. The van der Waals surface area contributed by atoms with Crippen molar-refractivity contribution in [2.24, 2.45) is 0 Å².